The standard InChI is InChI=1S/C18H27N5/c1-14(18-20-15(2)21-22-18)19-17-9-12-23(13-10-17)11-8-16-6-4-3-5-7-16/h3-7,14,17,19H,8-13H2,1-2H3,(H,20,21,22)/t14-/m0/s1. The van der Waals surface area contributed by atoms with Gasteiger partial charge in [-0.05, 0) is 51.8 Å². The number of nitrogens with zero attached hydrogens (tertiary/aromatic N) is 3. The van der Waals surface area contributed by atoms with Crippen LogP contribution in [0, 0.1) is 6.92 Å². The Kier molecular flexibility index (Phi) is 5.41. The molecular formula is C18H27N5. The summed E-state index contributed by atoms with van der Waals surface area (Å²) in [6.07, 6.45) is 3.54. The van der Waals surface area contributed by atoms with Gasteiger partial charge in [-0.3, -0.25) is 5.10 Å². The summed E-state index contributed by atoms with van der Waals surface area (Å²) in [5.74, 6) is 1.75. The van der Waals surface area contributed by atoms with E-state index < -0.39 is 0 Å². The van der Waals surface area contributed by atoms with E-state index in [0.717, 1.165) is 24.6 Å². The molecule has 124 valence electrons. The predicted molar refractivity (Wildman–Crippen MR) is 92.3 cm³/mol. The Morgan fingerprint density at radius 3 is 2.65 bits per heavy atom. The number of aromatic amines is 1. The Labute approximate surface area is 138 Å². The van der Waals surface area contributed by atoms with Crippen LogP contribution in [-0.4, -0.2) is 45.8 Å². The third kappa shape index (κ3) is 4.62. The molecule has 0 amide bonds. The molecular weight excluding hydrogens is 286 g/mol. The van der Waals surface area contributed by atoms with Crippen LogP contribution in [-0.2, 0) is 6.42 Å². The average molecular weight is 313 g/mol. The molecule has 0 unspecified atom stereocenters. The summed E-state index contributed by atoms with van der Waals surface area (Å²) < 4.78 is 0. The smallest absolute Gasteiger partial charge is 0.167 e. The van der Waals surface area contributed by atoms with Crippen LogP contribution in [0.3, 0.4) is 0 Å². The number of H-pyrrole nitrogens is 1. The first-order chi connectivity index (χ1) is 11.2. The molecule has 1 aromatic heterocycles. The normalized spacial score (nSPS) is 18.2. The lowest BCUT2D eigenvalue weighted by molar-refractivity contribution is 0.193. The molecule has 1 aliphatic heterocycles. The van der Waals surface area contributed by atoms with E-state index in [4.69, 9.17) is 0 Å². The highest BCUT2D eigenvalue weighted by atomic mass is 15.2. The Bertz CT molecular complexity index is 586. The molecule has 23 heavy (non-hydrogen) atoms. The molecule has 2 aromatic rings. The molecule has 0 saturated carbocycles. The number of hydrogen-bond donors (Lipinski definition) is 2. The number of aryl methyl sites for hydroxylation is 1. The van der Waals surface area contributed by atoms with E-state index in [9.17, 15) is 0 Å². The van der Waals surface area contributed by atoms with Crippen molar-refractivity contribution in [3.8, 4) is 0 Å². The minimum atomic E-state index is 0.209. The second kappa shape index (κ2) is 7.70. The zero-order valence-electron chi connectivity index (χ0n) is 14.1. The average Bonchev–Trinajstić information content (AvgIpc) is 3.02. The predicted octanol–water partition coefficient (Wildman–Crippen LogP) is 2.47. The molecule has 1 aromatic carbocycles. The number of aromatic nitrogens is 3. The van der Waals surface area contributed by atoms with Crippen LogP contribution in [0.15, 0.2) is 30.3 Å². The summed E-state index contributed by atoms with van der Waals surface area (Å²) >= 11 is 0. The van der Waals surface area contributed by atoms with E-state index in [1.807, 2.05) is 6.92 Å². The van der Waals surface area contributed by atoms with Crippen LogP contribution in [0.1, 0.15) is 43.0 Å². The van der Waals surface area contributed by atoms with Crippen molar-refractivity contribution in [2.45, 2.75) is 45.2 Å². The van der Waals surface area contributed by atoms with E-state index in [0.29, 0.717) is 6.04 Å². The quantitative estimate of drug-likeness (QED) is 0.860. The summed E-state index contributed by atoms with van der Waals surface area (Å²) in [5, 5.41) is 10.8. The van der Waals surface area contributed by atoms with Gasteiger partial charge in [-0.1, -0.05) is 30.3 Å². The Morgan fingerprint density at radius 2 is 2.00 bits per heavy atom. The van der Waals surface area contributed by atoms with Crippen LogP contribution in [0.5, 0.6) is 0 Å². The highest BCUT2D eigenvalue weighted by molar-refractivity contribution is 5.14. The second-order valence-corrected chi connectivity index (χ2v) is 6.52. The summed E-state index contributed by atoms with van der Waals surface area (Å²) in [7, 11) is 0. The van der Waals surface area contributed by atoms with Gasteiger partial charge in [0.15, 0.2) is 5.82 Å². The van der Waals surface area contributed by atoms with Gasteiger partial charge in [-0.25, -0.2) is 4.98 Å². The van der Waals surface area contributed by atoms with E-state index in [2.05, 4.69) is 62.7 Å². The molecule has 1 fully saturated rings. The molecule has 0 aliphatic carbocycles. The minimum absolute atomic E-state index is 0.209. The molecule has 3 rings (SSSR count). The second-order valence-electron chi connectivity index (χ2n) is 6.52. The third-order valence-corrected chi connectivity index (χ3v) is 4.63. The maximum absolute atomic E-state index is 4.41. The summed E-state index contributed by atoms with van der Waals surface area (Å²) in [6.45, 7) is 7.58. The van der Waals surface area contributed by atoms with Crippen molar-refractivity contribution in [3.05, 3.63) is 47.5 Å². The summed E-state index contributed by atoms with van der Waals surface area (Å²) in [6, 6.07) is 11.5. The fourth-order valence-electron chi connectivity index (χ4n) is 3.24. The molecule has 2 heterocycles. The highest BCUT2D eigenvalue weighted by Crippen LogP contribution is 2.15. The van der Waals surface area contributed by atoms with E-state index in [1.54, 1.807) is 0 Å². The van der Waals surface area contributed by atoms with Crippen LogP contribution in [0.25, 0.3) is 0 Å². The molecule has 2 N–H and O–H groups in total. The van der Waals surface area contributed by atoms with Gasteiger partial charge in [0, 0.05) is 12.6 Å². The van der Waals surface area contributed by atoms with Gasteiger partial charge in [0.1, 0.15) is 5.82 Å². The fourth-order valence-corrected chi connectivity index (χ4v) is 3.24. The summed E-state index contributed by atoms with van der Waals surface area (Å²) in [4.78, 5) is 6.99. The zero-order chi connectivity index (χ0) is 16.1. The van der Waals surface area contributed by atoms with Crippen LogP contribution < -0.4 is 5.32 Å². The Hall–Kier alpha value is -1.72. The number of likely N-dealkylation sites (tertiary alicyclic amines) is 1. The van der Waals surface area contributed by atoms with Gasteiger partial charge in [-0.15, -0.1) is 0 Å². The van der Waals surface area contributed by atoms with Crippen molar-refractivity contribution in [2.24, 2.45) is 0 Å². The van der Waals surface area contributed by atoms with Crippen molar-refractivity contribution in [2.75, 3.05) is 19.6 Å². The van der Waals surface area contributed by atoms with Crippen molar-refractivity contribution in [3.63, 3.8) is 0 Å². The van der Waals surface area contributed by atoms with E-state index in [-0.39, 0.29) is 6.04 Å². The molecule has 5 nitrogen and oxygen atoms in total. The Balaban J connectivity index is 1.40. The molecule has 0 bridgehead atoms. The lowest BCUT2D eigenvalue weighted by Gasteiger charge is -2.33. The maximum atomic E-state index is 4.41. The molecule has 1 saturated heterocycles. The Morgan fingerprint density at radius 1 is 1.26 bits per heavy atom. The van der Waals surface area contributed by atoms with Crippen LogP contribution >= 0.6 is 0 Å². The van der Waals surface area contributed by atoms with Gasteiger partial charge in [0.25, 0.3) is 0 Å². The van der Waals surface area contributed by atoms with Gasteiger partial charge in [-0.2, -0.15) is 5.10 Å². The number of benzene rings is 1. The van der Waals surface area contributed by atoms with Crippen molar-refractivity contribution < 1.29 is 0 Å². The van der Waals surface area contributed by atoms with E-state index >= 15 is 0 Å². The lowest BCUT2D eigenvalue weighted by Crippen LogP contribution is -2.44. The van der Waals surface area contributed by atoms with Crippen LogP contribution in [0.2, 0.25) is 0 Å². The number of piperidine rings is 1. The van der Waals surface area contributed by atoms with Crippen LogP contribution in [0.4, 0.5) is 0 Å². The summed E-state index contributed by atoms with van der Waals surface area (Å²) in [5.41, 5.74) is 1.43. The first-order valence-corrected chi connectivity index (χ1v) is 8.62. The molecule has 1 aliphatic rings. The molecule has 0 radical (unpaired) electrons. The van der Waals surface area contributed by atoms with Crippen molar-refractivity contribution in [1.29, 1.82) is 0 Å². The largest absolute Gasteiger partial charge is 0.305 e. The van der Waals surface area contributed by atoms with Gasteiger partial charge < -0.3 is 10.2 Å². The first-order valence-electron chi connectivity index (χ1n) is 8.62. The lowest BCUT2D eigenvalue weighted by atomic mass is 10.0. The third-order valence-electron chi connectivity index (χ3n) is 4.63. The van der Waals surface area contributed by atoms with Gasteiger partial charge in [0.2, 0.25) is 0 Å². The zero-order valence-corrected chi connectivity index (χ0v) is 14.1. The molecule has 0 spiro atoms. The number of rotatable bonds is 6. The SMILES string of the molecule is Cc1nc([C@H](C)NC2CCN(CCc3ccccc3)CC2)n[nH]1. The molecule has 1 atom stereocenters. The fraction of sp³-hybridized carbons (Fsp3) is 0.556. The topological polar surface area (TPSA) is 56.8 Å². The van der Waals surface area contributed by atoms with Gasteiger partial charge in [0.05, 0.1) is 6.04 Å². The minimum Gasteiger partial charge on any atom is -0.305 e. The van der Waals surface area contributed by atoms with Gasteiger partial charge >= 0.3 is 0 Å². The first kappa shape index (κ1) is 16.1. The maximum Gasteiger partial charge on any atom is 0.167 e. The van der Waals surface area contributed by atoms with Crippen molar-refractivity contribution >= 4 is 0 Å². The van der Waals surface area contributed by atoms with Crippen molar-refractivity contribution in [1.82, 2.24) is 25.4 Å². The highest BCUT2D eigenvalue weighted by Gasteiger charge is 2.21. The monoisotopic (exact) mass is 313 g/mol. The van der Waals surface area contributed by atoms with E-state index in [1.165, 1.54) is 31.5 Å². The number of hydrogen-bond acceptors (Lipinski definition) is 4. The number of nitrogens with one attached hydrogen (secondary N) is 2. The molecule has 5 heteroatoms.